The number of hydrogen-bond acceptors (Lipinski definition) is 4. The van der Waals surface area contributed by atoms with Crippen molar-refractivity contribution in [3.63, 3.8) is 0 Å². The highest BCUT2D eigenvalue weighted by Crippen LogP contribution is 2.41. The largest absolute Gasteiger partial charge is 0.468 e. The van der Waals surface area contributed by atoms with Crippen LogP contribution in [-0.2, 0) is 14.3 Å². The number of cyclic esters (lactones) is 1. The fourth-order valence-corrected chi connectivity index (χ4v) is 2.81. The normalized spacial score (nSPS) is 20.0. The van der Waals surface area contributed by atoms with Crippen LogP contribution in [0.1, 0.15) is 39.1 Å². The summed E-state index contributed by atoms with van der Waals surface area (Å²) in [6.45, 7) is 1.89. The second-order valence-corrected chi connectivity index (χ2v) is 5.33. The van der Waals surface area contributed by atoms with E-state index in [1.54, 1.807) is 6.07 Å². The van der Waals surface area contributed by atoms with E-state index in [1.807, 2.05) is 49.4 Å². The molecule has 0 unspecified atom stereocenters. The maximum absolute atomic E-state index is 12.3. The van der Waals surface area contributed by atoms with Crippen molar-refractivity contribution in [2.45, 2.75) is 18.9 Å². The number of carbonyl (C=O) groups excluding carboxylic acids is 2. The first kappa shape index (κ1) is 14.3. The monoisotopic (exact) mass is 296 g/mol. The fourth-order valence-electron chi connectivity index (χ4n) is 2.81. The third-order valence-electron chi connectivity index (χ3n) is 3.88. The van der Waals surface area contributed by atoms with E-state index in [0.29, 0.717) is 11.1 Å². The van der Waals surface area contributed by atoms with Crippen molar-refractivity contribution in [2.75, 3.05) is 7.11 Å². The van der Waals surface area contributed by atoms with E-state index in [-0.39, 0.29) is 0 Å². The molecule has 22 heavy (non-hydrogen) atoms. The number of carbonyl (C=O) groups is 2. The number of ether oxygens (including phenoxy) is 2. The van der Waals surface area contributed by atoms with Gasteiger partial charge in [-0.2, -0.15) is 0 Å². The second kappa shape index (κ2) is 5.64. The SMILES string of the molecule is COC(=O)[C@@H]1c2ccc(C)cc2C(=O)O[C@H]1c1ccccc1. The molecule has 0 saturated carbocycles. The maximum atomic E-state index is 12.3. The number of esters is 2. The van der Waals surface area contributed by atoms with E-state index < -0.39 is 24.0 Å². The molecule has 1 aliphatic rings. The highest BCUT2D eigenvalue weighted by molar-refractivity contribution is 5.96. The van der Waals surface area contributed by atoms with Gasteiger partial charge < -0.3 is 9.47 Å². The van der Waals surface area contributed by atoms with Crippen LogP contribution < -0.4 is 0 Å². The number of rotatable bonds is 2. The van der Waals surface area contributed by atoms with Crippen LogP contribution in [0.3, 0.4) is 0 Å². The van der Waals surface area contributed by atoms with Crippen molar-refractivity contribution < 1.29 is 19.1 Å². The highest BCUT2D eigenvalue weighted by atomic mass is 16.6. The van der Waals surface area contributed by atoms with Gasteiger partial charge in [-0.25, -0.2) is 4.79 Å². The summed E-state index contributed by atoms with van der Waals surface area (Å²) in [6, 6.07) is 14.7. The Kier molecular flexibility index (Phi) is 3.67. The molecule has 0 aromatic heterocycles. The van der Waals surface area contributed by atoms with Crippen molar-refractivity contribution in [3.8, 4) is 0 Å². The molecule has 1 aliphatic heterocycles. The van der Waals surface area contributed by atoms with Crippen LogP contribution in [-0.4, -0.2) is 19.0 Å². The van der Waals surface area contributed by atoms with Gasteiger partial charge in [-0.05, 0) is 24.1 Å². The average molecular weight is 296 g/mol. The van der Waals surface area contributed by atoms with E-state index in [9.17, 15) is 9.59 Å². The average Bonchev–Trinajstić information content (AvgIpc) is 2.55. The van der Waals surface area contributed by atoms with Gasteiger partial charge in [-0.15, -0.1) is 0 Å². The number of methoxy groups -OCH3 is 1. The summed E-state index contributed by atoms with van der Waals surface area (Å²) in [5.74, 6) is -1.47. The molecule has 2 aromatic carbocycles. The zero-order chi connectivity index (χ0) is 15.7. The molecule has 0 fully saturated rings. The minimum atomic E-state index is -0.670. The second-order valence-electron chi connectivity index (χ2n) is 5.33. The number of aryl methyl sites for hydroxylation is 1. The molecular weight excluding hydrogens is 280 g/mol. The van der Waals surface area contributed by atoms with Gasteiger partial charge in [0.25, 0.3) is 0 Å². The molecule has 0 saturated heterocycles. The molecule has 1 heterocycles. The molecule has 2 atom stereocenters. The first-order valence-corrected chi connectivity index (χ1v) is 7.06. The van der Waals surface area contributed by atoms with E-state index >= 15 is 0 Å². The van der Waals surface area contributed by atoms with Crippen LogP contribution >= 0.6 is 0 Å². The maximum Gasteiger partial charge on any atom is 0.339 e. The quantitative estimate of drug-likeness (QED) is 0.799. The smallest absolute Gasteiger partial charge is 0.339 e. The van der Waals surface area contributed by atoms with Crippen LogP contribution in [0.15, 0.2) is 48.5 Å². The van der Waals surface area contributed by atoms with Gasteiger partial charge in [0.2, 0.25) is 0 Å². The Hall–Kier alpha value is -2.62. The van der Waals surface area contributed by atoms with Crippen LogP contribution in [0.4, 0.5) is 0 Å². The summed E-state index contributed by atoms with van der Waals surface area (Å²) >= 11 is 0. The Balaban J connectivity index is 2.15. The first-order valence-electron chi connectivity index (χ1n) is 7.06. The van der Waals surface area contributed by atoms with Gasteiger partial charge in [0.15, 0.2) is 0 Å². The Bertz CT molecular complexity index is 721. The molecule has 0 radical (unpaired) electrons. The molecule has 3 rings (SSSR count). The summed E-state index contributed by atoms with van der Waals surface area (Å²) in [6.07, 6.45) is -0.670. The minimum absolute atomic E-state index is 0.410. The van der Waals surface area contributed by atoms with Crippen molar-refractivity contribution in [3.05, 3.63) is 70.8 Å². The van der Waals surface area contributed by atoms with Crippen LogP contribution in [0.2, 0.25) is 0 Å². The lowest BCUT2D eigenvalue weighted by Gasteiger charge is -2.31. The van der Waals surface area contributed by atoms with Gasteiger partial charge in [0, 0.05) is 0 Å². The van der Waals surface area contributed by atoms with E-state index in [2.05, 4.69) is 0 Å². The molecule has 112 valence electrons. The topological polar surface area (TPSA) is 52.6 Å². The fraction of sp³-hybridized carbons (Fsp3) is 0.222. The number of hydrogen-bond donors (Lipinski definition) is 0. The third kappa shape index (κ3) is 2.37. The first-order chi connectivity index (χ1) is 10.6. The van der Waals surface area contributed by atoms with Crippen LogP contribution in [0, 0.1) is 6.92 Å². The lowest BCUT2D eigenvalue weighted by atomic mass is 9.83. The summed E-state index contributed by atoms with van der Waals surface area (Å²) in [5, 5.41) is 0. The van der Waals surface area contributed by atoms with Gasteiger partial charge in [0.05, 0.1) is 12.7 Å². The standard InChI is InChI=1S/C18H16O4/c1-11-8-9-13-14(10-11)17(19)22-16(15(13)18(20)21-2)12-6-4-3-5-7-12/h3-10,15-16H,1-2H3/t15-,16+/m1/s1. The number of benzene rings is 2. The predicted molar refractivity (Wildman–Crippen MR) is 80.5 cm³/mol. The summed E-state index contributed by atoms with van der Waals surface area (Å²) in [4.78, 5) is 24.6. The van der Waals surface area contributed by atoms with Gasteiger partial charge >= 0.3 is 11.9 Å². The summed E-state index contributed by atoms with van der Waals surface area (Å²) in [7, 11) is 1.34. The Morgan fingerprint density at radius 2 is 1.86 bits per heavy atom. The molecular formula is C18H16O4. The van der Waals surface area contributed by atoms with Crippen molar-refractivity contribution in [1.82, 2.24) is 0 Å². The van der Waals surface area contributed by atoms with Crippen molar-refractivity contribution >= 4 is 11.9 Å². The van der Waals surface area contributed by atoms with Gasteiger partial charge in [0.1, 0.15) is 12.0 Å². The Morgan fingerprint density at radius 1 is 1.14 bits per heavy atom. The predicted octanol–water partition coefficient (Wildman–Crippen LogP) is 3.16. The van der Waals surface area contributed by atoms with Crippen LogP contribution in [0.25, 0.3) is 0 Å². The zero-order valence-corrected chi connectivity index (χ0v) is 12.4. The van der Waals surface area contributed by atoms with Crippen LogP contribution in [0.5, 0.6) is 0 Å². The van der Waals surface area contributed by atoms with Gasteiger partial charge in [-0.3, -0.25) is 4.79 Å². The summed E-state index contributed by atoms with van der Waals surface area (Å²) in [5.41, 5.74) is 2.81. The van der Waals surface area contributed by atoms with Crippen molar-refractivity contribution in [1.29, 1.82) is 0 Å². The molecule has 4 heteroatoms. The summed E-state index contributed by atoms with van der Waals surface area (Å²) < 4.78 is 10.5. The Morgan fingerprint density at radius 3 is 2.55 bits per heavy atom. The molecule has 0 aliphatic carbocycles. The number of fused-ring (bicyclic) bond motifs is 1. The molecule has 0 bridgehead atoms. The molecule has 4 nitrogen and oxygen atoms in total. The van der Waals surface area contributed by atoms with Gasteiger partial charge in [-0.1, -0.05) is 48.0 Å². The lowest BCUT2D eigenvalue weighted by molar-refractivity contribution is -0.146. The van der Waals surface area contributed by atoms with E-state index in [1.165, 1.54) is 7.11 Å². The molecule has 0 N–H and O–H groups in total. The molecule has 2 aromatic rings. The van der Waals surface area contributed by atoms with Crippen molar-refractivity contribution in [2.24, 2.45) is 0 Å². The lowest BCUT2D eigenvalue weighted by Crippen LogP contribution is -2.32. The highest BCUT2D eigenvalue weighted by Gasteiger charge is 2.41. The van der Waals surface area contributed by atoms with E-state index in [0.717, 1.165) is 11.1 Å². The third-order valence-corrected chi connectivity index (χ3v) is 3.88. The molecule has 0 spiro atoms. The Labute approximate surface area is 128 Å². The van der Waals surface area contributed by atoms with E-state index in [4.69, 9.17) is 9.47 Å². The molecule has 0 amide bonds. The zero-order valence-electron chi connectivity index (χ0n) is 12.4. The minimum Gasteiger partial charge on any atom is -0.468 e.